The van der Waals surface area contributed by atoms with Gasteiger partial charge in [-0.05, 0) is 49.7 Å². The van der Waals surface area contributed by atoms with Gasteiger partial charge in [0.1, 0.15) is 11.5 Å². The third-order valence-corrected chi connectivity index (χ3v) is 4.02. The summed E-state index contributed by atoms with van der Waals surface area (Å²) < 4.78 is 5.70. The zero-order valence-corrected chi connectivity index (χ0v) is 14.5. The van der Waals surface area contributed by atoms with Crippen LogP contribution in [0.4, 0.5) is 0 Å². The van der Waals surface area contributed by atoms with Crippen molar-refractivity contribution in [1.29, 1.82) is 0 Å². The number of amides is 1. The van der Waals surface area contributed by atoms with E-state index in [1.807, 2.05) is 38.1 Å². The molecular formula is C19H16ClN3O2. The van der Waals surface area contributed by atoms with E-state index in [1.54, 1.807) is 18.2 Å². The average molecular weight is 354 g/mol. The van der Waals surface area contributed by atoms with Crippen LogP contribution in [-0.2, 0) is 0 Å². The minimum atomic E-state index is -0.333. The molecule has 0 aliphatic heterocycles. The number of hydrazone groups is 1. The molecule has 0 bridgehead atoms. The number of nitrogens with one attached hydrogen (secondary N) is 1. The number of rotatable bonds is 4. The third kappa shape index (κ3) is 4.14. The highest BCUT2D eigenvalue weighted by atomic mass is 35.5. The van der Waals surface area contributed by atoms with Crippen molar-refractivity contribution in [3.05, 3.63) is 76.3 Å². The first-order chi connectivity index (χ1) is 12.0. The van der Waals surface area contributed by atoms with E-state index >= 15 is 0 Å². The maximum absolute atomic E-state index is 11.9. The summed E-state index contributed by atoms with van der Waals surface area (Å²) in [6.45, 7) is 3.80. The topological polar surface area (TPSA) is 67.5 Å². The van der Waals surface area contributed by atoms with Gasteiger partial charge in [-0.15, -0.1) is 0 Å². The number of carbonyl (C=O) groups excluding carboxylic acids is 1. The molecule has 1 N–H and O–H groups in total. The molecule has 0 fully saturated rings. The fourth-order valence-corrected chi connectivity index (χ4v) is 2.33. The van der Waals surface area contributed by atoms with E-state index in [4.69, 9.17) is 16.0 Å². The van der Waals surface area contributed by atoms with Gasteiger partial charge in [-0.1, -0.05) is 23.7 Å². The van der Waals surface area contributed by atoms with Gasteiger partial charge in [0.2, 0.25) is 0 Å². The number of hydrogen-bond acceptors (Lipinski definition) is 4. The molecule has 0 atom stereocenters. The molecule has 0 spiro atoms. The number of furan rings is 1. The number of benzene rings is 1. The molecular weight excluding hydrogens is 338 g/mol. The van der Waals surface area contributed by atoms with Gasteiger partial charge in [0, 0.05) is 22.5 Å². The van der Waals surface area contributed by atoms with E-state index in [0.29, 0.717) is 22.1 Å². The zero-order chi connectivity index (χ0) is 17.8. The molecule has 2 heterocycles. The summed E-state index contributed by atoms with van der Waals surface area (Å²) in [6, 6.07) is 12.8. The molecule has 3 aromatic rings. The van der Waals surface area contributed by atoms with Crippen LogP contribution in [0.3, 0.4) is 0 Å². The van der Waals surface area contributed by atoms with E-state index < -0.39 is 0 Å². The van der Waals surface area contributed by atoms with Crippen molar-refractivity contribution in [3.8, 4) is 11.3 Å². The van der Waals surface area contributed by atoms with E-state index in [9.17, 15) is 4.79 Å². The summed E-state index contributed by atoms with van der Waals surface area (Å²) in [7, 11) is 0. The van der Waals surface area contributed by atoms with Crippen LogP contribution in [0.2, 0.25) is 5.02 Å². The normalized spacial score (nSPS) is 11.0. The van der Waals surface area contributed by atoms with Crippen LogP contribution in [0, 0.1) is 13.8 Å². The van der Waals surface area contributed by atoms with E-state index in [2.05, 4.69) is 15.5 Å². The van der Waals surface area contributed by atoms with Crippen molar-refractivity contribution in [2.75, 3.05) is 0 Å². The van der Waals surface area contributed by atoms with Gasteiger partial charge in [-0.3, -0.25) is 9.78 Å². The summed E-state index contributed by atoms with van der Waals surface area (Å²) in [5.41, 5.74) is 5.62. The molecule has 25 heavy (non-hydrogen) atoms. The highest BCUT2D eigenvalue weighted by molar-refractivity contribution is 6.31. The quantitative estimate of drug-likeness (QED) is 0.559. The first-order valence-electron chi connectivity index (χ1n) is 7.65. The van der Waals surface area contributed by atoms with Crippen LogP contribution >= 0.6 is 11.6 Å². The summed E-state index contributed by atoms with van der Waals surface area (Å²) in [5, 5.41) is 4.59. The van der Waals surface area contributed by atoms with Gasteiger partial charge >= 0.3 is 0 Å². The molecule has 0 aliphatic rings. The largest absolute Gasteiger partial charge is 0.455 e. The van der Waals surface area contributed by atoms with Crippen LogP contribution < -0.4 is 5.43 Å². The third-order valence-electron chi connectivity index (χ3n) is 3.61. The number of pyridine rings is 1. The molecule has 0 unspecified atom stereocenters. The number of nitrogens with zero attached hydrogens (tertiary/aromatic N) is 2. The lowest BCUT2D eigenvalue weighted by Crippen LogP contribution is -2.17. The molecule has 5 nitrogen and oxygen atoms in total. The van der Waals surface area contributed by atoms with Crippen molar-refractivity contribution >= 4 is 23.7 Å². The van der Waals surface area contributed by atoms with Crippen molar-refractivity contribution in [1.82, 2.24) is 10.4 Å². The van der Waals surface area contributed by atoms with Crippen LogP contribution in [0.5, 0.6) is 0 Å². The number of halogens is 1. The van der Waals surface area contributed by atoms with Crippen LogP contribution in [0.1, 0.15) is 27.4 Å². The van der Waals surface area contributed by atoms with Gasteiger partial charge < -0.3 is 4.42 Å². The van der Waals surface area contributed by atoms with E-state index in [-0.39, 0.29) is 5.91 Å². The molecule has 0 saturated heterocycles. The molecule has 3 rings (SSSR count). The molecule has 0 saturated carbocycles. The monoisotopic (exact) mass is 353 g/mol. The Bertz CT molecular complexity index is 930. The van der Waals surface area contributed by atoms with Gasteiger partial charge in [-0.2, -0.15) is 5.10 Å². The fourth-order valence-electron chi connectivity index (χ4n) is 2.14. The summed E-state index contributed by atoms with van der Waals surface area (Å²) in [4.78, 5) is 16.0. The highest BCUT2D eigenvalue weighted by Crippen LogP contribution is 2.26. The Kier molecular flexibility index (Phi) is 4.95. The second-order valence-corrected chi connectivity index (χ2v) is 5.96. The van der Waals surface area contributed by atoms with Crippen molar-refractivity contribution < 1.29 is 9.21 Å². The van der Waals surface area contributed by atoms with Crippen LogP contribution in [-0.4, -0.2) is 17.1 Å². The Morgan fingerprint density at radius 1 is 1.20 bits per heavy atom. The lowest BCUT2D eigenvalue weighted by atomic mass is 10.1. The van der Waals surface area contributed by atoms with Crippen LogP contribution in [0.25, 0.3) is 11.3 Å². The molecule has 6 heteroatoms. The lowest BCUT2D eigenvalue weighted by molar-refractivity contribution is 0.0954. The van der Waals surface area contributed by atoms with E-state index in [1.165, 1.54) is 12.4 Å². The average Bonchev–Trinajstić information content (AvgIpc) is 3.07. The first-order valence-corrected chi connectivity index (χ1v) is 8.03. The second-order valence-electron chi connectivity index (χ2n) is 5.55. The fraction of sp³-hybridized carbons (Fsp3) is 0.105. The zero-order valence-electron chi connectivity index (χ0n) is 13.8. The Morgan fingerprint density at radius 3 is 2.76 bits per heavy atom. The Labute approximate surface area is 150 Å². The van der Waals surface area contributed by atoms with Crippen molar-refractivity contribution in [2.24, 2.45) is 5.10 Å². The van der Waals surface area contributed by atoms with Gasteiger partial charge in [-0.25, -0.2) is 5.43 Å². The van der Waals surface area contributed by atoms with Crippen LogP contribution in [0.15, 0.2) is 58.2 Å². The van der Waals surface area contributed by atoms with Crippen molar-refractivity contribution in [2.45, 2.75) is 13.8 Å². The molecule has 1 aromatic carbocycles. The second kappa shape index (κ2) is 7.32. The number of aryl methyl sites for hydroxylation is 2. The molecule has 0 radical (unpaired) electrons. The summed E-state index contributed by atoms with van der Waals surface area (Å²) in [6.07, 6.45) is 2.95. The Balaban J connectivity index is 1.66. The summed E-state index contributed by atoms with van der Waals surface area (Å²) in [5.74, 6) is 0.868. The standard InChI is InChI=1S/C19H16ClN3O2/c1-12-3-5-14(9-17(12)20)18-8-7-16(25-18)11-22-23-19(24)15-6-4-13(2)21-10-15/h3-11H,1-2H3,(H,23,24)/b22-11-. The summed E-state index contributed by atoms with van der Waals surface area (Å²) >= 11 is 6.14. The first kappa shape index (κ1) is 16.9. The lowest BCUT2D eigenvalue weighted by Gasteiger charge is -2.01. The minimum Gasteiger partial charge on any atom is -0.455 e. The van der Waals surface area contributed by atoms with Crippen molar-refractivity contribution in [3.63, 3.8) is 0 Å². The number of carbonyl (C=O) groups is 1. The highest BCUT2D eigenvalue weighted by Gasteiger charge is 2.06. The smallest absolute Gasteiger partial charge is 0.272 e. The Hall–Kier alpha value is -2.92. The van der Waals surface area contributed by atoms with Gasteiger partial charge in [0.25, 0.3) is 5.91 Å². The molecule has 1 amide bonds. The number of aromatic nitrogens is 1. The maximum Gasteiger partial charge on any atom is 0.272 e. The number of hydrogen-bond donors (Lipinski definition) is 1. The molecule has 0 aliphatic carbocycles. The van der Waals surface area contributed by atoms with E-state index in [0.717, 1.165) is 16.8 Å². The minimum absolute atomic E-state index is 0.333. The maximum atomic E-state index is 11.9. The van der Waals surface area contributed by atoms with Gasteiger partial charge in [0.05, 0.1) is 11.8 Å². The molecule has 126 valence electrons. The predicted molar refractivity (Wildman–Crippen MR) is 97.9 cm³/mol. The Morgan fingerprint density at radius 2 is 2.04 bits per heavy atom. The van der Waals surface area contributed by atoms with Gasteiger partial charge in [0.15, 0.2) is 0 Å². The molecule has 2 aromatic heterocycles. The SMILES string of the molecule is Cc1ccc(C(=O)N/N=C\c2ccc(-c3ccc(C)c(Cl)c3)o2)cn1. The predicted octanol–water partition coefficient (Wildman–Crippen LogP) is 4.38.